The molecular formula is C16H23NO3. The second-order valence-electron chi connectivity index (χ2n) is 5.79. The molecule has 1 aromatic rings. The van der Waals surface area contributed by atoms with Gasteiger partial charge in [-0.15, -0.1) is 0 Å². The van der Waals surface area contributed by atoms with Crippen molar-refractivity contribution in [2.24, 2.45) is 0 Å². The Kier molecular flexibility index (Phi) is 4.65. The largest absolute Gasteiger partial charge is 0.508 e. The number of aromatic hydroxyl groups is 1. The smallest absolute Gasteiger partial charge is 0.323 e. The fourth-order valence-corrected chi connectivity index (χ4v) is 2.84. The van der Waals surface area contributed by atoms with Crippen LogP contribution in [0.4, 0.5) is 0 Å². The maximum Gasteiger partial charge on any atom is 0.323 e. The number of hydrogen-bond donors (Lipinski definition) is 2. The van der Waals surface area contributed by atoms with Crippen LogP contribution in [0.1, 0.15) is 38.2 Å². The van der Waals surface area contributed by atoms with E-state index in [9.17, 15) is 15.0 Å². The summed E-state index contributed by atoms with van der Waals surface area (Å²) in [4.78, 5) is 13.8. The number of carboxylic acid groups (broad SMARTS) is 1. The second kappa shape index (κ2) is 6.27. The van der Waals surface area contributed by atoms with Gasteiger partial charge < -0.3 is 10.2 Å². The van der Waals surface area contributed by atoms with Crippen molar-refractivity contribution in [3.05, 3.63) is 29.8 Å². The van der Waals surface area contributed by atoms with Gasteiger partial charge >= 0.3 is 5.97 Å². The van der Waals surface area contributed by atoms with E-state index in [1.54, 1.807) is 12.1 Å². The van der Waals surface area contributed by atoms with Crippen LogP contribution in [0.15, 0.2) is 24.3 Å². The molecule has 0 spiro atoms. The summed E-state index contributed by atoms with van der Waals surface area (Å²) in [6.45, 7) is 3.58. The number of aliphatic carboxylic acids is 1. The van der Waals surface area contributed by atoms with E-state index in [0.29, 0.717) is 12.8 Å². The van der Waals surface area contributed by atoms with E-state index in [1.807, 2.05) is 19.1 Å². The molecule has 1 aliphatic rings. The fraction of sp³-hybridized carbons (Fsp3) is 0.562. The number of phenolic OH excluding ortho intramolecular Hbond substituents is 1. The summed E-state index contributed by atoms with van der Waals surface area (Å²) in [5.41, 5.74) is 0.269. The average Bonchev–Trinajstić information content (AvgIpc) is 2.47. The van der Waals surface area contributed by atoms with Crippen molar-refractivity contribution >= 4 is 5.97 Å². The van der Waals surface area contributed by atoms with Crippen LogP contribution in [-0.4, -0.2) is 39.7 Å². The molecule has 110 valence electrons. The van der Waals surface area contributed by atoms with Gasteiger partial charge in [-0.1, -0.05) is 18.6 Å². The lowest BCUT2D eigenvalue weighted by Crippen LogP contribution is -2.54. The van der Waals surface area contributed by atoms with Crippen LogP contribution in [0.3, 0.4) is 0 Å². The number of rotatable bonds is 5. The molecule has 2 N–H and O–H groups in total. The van der Waals surface area contributed by atoms with Gasteiger partial charge in [-0.05, 0) is 63.4 Å². The maximum absolute atomic E-state index is 11.7. The summed E-state index contributed by atoms with van der Waals surface area (Å²) in [6.07, 6.45) is 4.67. The molecule has 1 saturated heterocycles. The minimum Gasteiger partial charge on any atom is -0.508 e. The highest BCUT2D eigenvalue weighted by Gasteiger charge is 2.39. The molecule has 0 radical (unpaired) electrons. The summed E-state index contributed by atoms with van der Waals surface area (Å²) in [5.74, 6) is -0.496. The SMILES string of the molecule is CC(CCc1ccc(O)cc1)(C(=O)O)N1CCCCC1. The Morgan fingerprint density at radius 1 is 1.20 bits per heavy atom. The highest BCUT2D eigenvalue weighted by atomic mass is 16.4. The predicted molar refractivity (Wildman–Crippen MR) is 77.9 cm³/mol. The van der Waals surface area contributed by atoms with E-state index in [2.05, 4.69) is 4.90 Å². The topological polar surface area (TPSA) is 60.8 Å². The lowest BCUT2D eigenvalue weighted by molar-refractivity contribution is -0.151. The van der Waals surface area contributed by atoms with E-state index in [1.165, 1.54) is 6.42 Å². The van der Waals surface area contributed by atoms with Crippen molar-refractivity contribution in [1.29, 1.82) is 0 Å². The minimum absolute atomic E-state index is 0.241. The Labute approximate surface area is 120 Å². The first-order chi connectivity index (χ1) is 9.52. The van der Waals surface area contributed by atoms with Crippen LogP contribution in [-0.2, 0) is 11.2 Å². The first-order valence-electron chi connectivity index (χ1n) is 7.29. The van der Waals surface area contributed by atoms with Gasteiger partial charge in [0.2, 0.25) is 0 Å². The third-order valence-electron chi connectivity index (χ3n) is 4.35. The van der Waals surface area contributed by atoms with Gasteiger partial charge in [0.05, 0.1) is 0 Å². The van der Waals surface area contributed by atoms with Crippen molar-refractivity contribution in [3.8, 4) is 5.75 Å². The molecule has 0 bridgehead atoms. The third-order valence-corrected chi connectivity index (χ3v) is 4.35. The number of piperidine rings is 1. The van der Waals surface area contributed by atoms with Gasteiger partial charge in [0.15, 0.2) is 0 Å². The number of hydrogen-bond acceptors (Lipinski definition) is 3. The van der Waals surface area contributed by atoms with Gasteiger partial charge in [-0.3, -0.25) is 9.69 Å². The molecule has 0 aromatic heterocycles. The molecular weight excluding hydrogens is 254 g/mol. The number of carbonyl (C=O) groups is 1. The number of likely N-dealkylation sites (tertiary alicyclic amines) is 1. The van der Waals surface area contributed by atoms with Gasteiger partial charge in [0, 0.05) is 0 Å². The maximum atomic E-state index is 11.7. The molecule has 0 amide bonds. The van der Waals surface area contributed by atoms with E-state index < -0.39 is 11.5 Å². The molecule has 1 aliphatic heterocycles. The lowest BCUT2D eigenvalue weighted by Gasteiger charge is -2.40. The minimum atomic E-state index is -0.793. The molecule has 4 heteroatoms. The van der Waals surface area contributed by atoms with Crippen LogP contribution in [0.2, 0.25) is 0 Å². The van der Waals surface area contributed by atoms with Gasteiger partial charge in [0.25, 0.3) is 0 Å². The molecule has 0 aliphatic carbocycles. The molecule has 1 atom stereocenters. The highest BCUT2D eigenvalue weighted by molar-refractivity contribution is 5.78. The first-order valence-corrected chi connectivity index (χ1v) is 7.29. The number of phenols is 1. The standard InChI is InChI=1S/C16H23NO3/c1-16(15(19)20,17-11-3-2-4-12-17)10-9-13-5-7-14(18)8-6-13/h5-8,18H,2-4,9-12H2,1H3,(H,19,20). The van der Waals surface area contributed by atoms with Crippen LogP contribution in [0, 0.1) is 0 Å². The van der Waals surface area contributed by atoms with Gasteiger partial charge in [-0.25, -0.2) is 0 Å². The molecule has 4 nitrogen and oxygen atoms in total. The van der Waals surface area contributed by atoms with E-state index >= 15 is 0 Å². The summed E-state index contributed by atoms with van der Waals surface area (Å²) < 4.78 is 0. The van der Waals surface area contributed by atoms with Gasteiger partial charge in [-0.2, -0.15) is 0 Å². The zero-order chi connectivity index (χ0) is 14.6. The fourth-order valence-electron chi connectivity index (χ4n) is 2.84. The Hall–Kier alpha value is -1.55. The Bertz CT molecular complexity index is 451. The molecule has 0 saturated carbocycles. The Morgan fingerprint density at radius 3 is 2.35 bits per heavy atom. The quantitative estimate of drug-likeness (QED) is 0.868. The first kappa shape index (κ1) is 14.9. The van der Waals surface area contributed by atoms with Crippen molar-refractivity contribution in [3.63, 3.8) is 0 Å². The highest BCUT2D eigenvalue weighted by Crippen LogP contribution is 2.26. The Balaban J connectivity index is 2.04. The van der Waals surface area contributed by atoms with Crippen molar-refractivity contribution in [1.82, 2.24) is 4.90 Å². The zero-order valence-electron chi connectivity index (χ0n) is 12.0. The molecule has 2 rings (SSSR count). The average molecular weight is 277 g/mol. The number of carboxylic acids is 1. The zero-order valence-corrected chi connectivity index (χ0v) is 12.0. The van der Waals surface area contributed by atoms with Crippen molar-refractivity contribution in [2.75, 3.05) is 13.1 Å². The van der Waals surface area contributed by atoms with Crippen molar-refractivity contribution < 1.29 is 15.0 Å². The molecule has 1 heterocycles. The normalized spacial score (nSPS) is 19.4. The van der Waals surface area contributed by atoms with Crippen molar-refractivity contribution in [2.45, 2.75) is 44.6 Å². The third kappa shape index (κ3) is 3.31. The summed E-state index contributed by atoms with van der Waals surface area (Å²) in [6, 6.07) is 7.00. The monoisotopic (exact) mass is 277 g/mol. The molecule has 1 aromatic carbocycles. The van der Waals surface area contributed by atoms with Crippen LogP contribution in [0.5, 0.6) is 5.75 Å². The Morgan fingerprint density at radius 2 is 1.80 bits per heavy atom. The van der Waals surface area contributed by atoms with E-state index in [-0.39, 0.29) is 5.75 Å². The van der Waals surface area contributed by atoms with Gasteiger partial charge in [0.1, 0.15) is 11.3 Å². The number of aryl methyl sites for hydroxylation is 1. The van der Waals surface area contributed by atoms with Crippen LogP contribution >= 0.6 is 0 Å². The summed E-state index contributed by atoms with van der Waals surface area (Å²) in [7, 11) is 0. The summed E-state index contributed by atoms with van der Waals surface area (Å²) >= 11 is 0. The molecule has 1 unspecified atom stereocenters. The lowest BCUT2D eigenvalue weighted by atomic mass is 9.89. The molecule has 20 heavy (non-hydrogen) atoms. The van der Waals surface area contributed by atoms with E-state index in [4.69, 9.17) is 0 Å². The molecule has 1 fully saturated rings. The van der Waals surface area contributed by atoms with Crippen LogP contribution in [0.25, 0.3) is 0 Å². The number of benzene rings is 1. The summed E-state index contributed by atoms with van der Waals surface area (Å²) in [5, 5.41) is 18.9. The number of nitrogens with zero attached hydrogens (tertiary/aromatic N) is 1. The second-order valence-corrected chi connectivity index (χ2v) is 5.79. The van der Waals surface area contributed by atoms with Crippen LogP contribution < -0.4 is 0 Å². The van der Waals surface area contributed by atoms with E-state index in [0.717, 1.165) is 31.5 Å². The predicted octanol–water partition coefficient (Wildman–Crippen LogP) is 2.65.